The smallest absolute Gasteiger partial charge is 0.335 e. The zero-order chi connectivity index (χ0) is 24.0. The van der Waals surface area contributed by atoms with E-state index >= 15 is 0 Å². The van der Waals surface area contributed by atoms with E-state index in [0.717, 1.165) is 43.5 Å². The van der Waals surface area contributed by atoms with Crippen molar-refractivity contribution in [2.45, 2.75) is 35.2 Å². The van der Waals surface area contributed by atoms with Crippen LogP contribution in [0.1, 0.15) is 40.4 Å². The van der Waals surface area contributed by atoms with Gasteiger partial charge in [0.25, 0.3) is 0 Å². The molecule has 176 valence electrons. The van der Waals surface area contributed by atoms with Crippen molar-refractivity contribution in [2.75, 3.05) is 29.5 Å². The fourth-order valence-corrected chi connectivity index (χ4v) is 5.92. The van der Waals surface area contributed by atoms with Crippen LogP contribution < -0.4 is 22.1 Å². The molecule has 11 heteroatoms. The second-order valence-electron chi connectivity index (χ2n) is 8.75. The van der Waals surface area contributed by atoms with Crippen LogP contribution in [-0.2, 0) is 6.42 Å². The predicted octanol–water partition coefficient (Wildman–Crippen LogP) is 3.38. The lowest BCUT2D eigenvalue weighted by molar-refractivity contribution is 0.0696. The van der Waals surface area contributed by atoms with Crippen molar-refractivity contribution in [3.8, 4) is 0 Å². The summed E-state index contributed by atoms with van der Waals surface area (Å²) in [6.45, 7) is 1.53. The largest absolute Gasteiger partial charge is 0.478 e. The predicted molar refractivity (Wildman–Crippen MR) is 132 cm³/mol. The van der Waals surface area contributed by atoms with Gasteiger partial charge in [-0.2, -0.15) is 0 Å². The Morgan fingerprint density at radius 3 is 2.65 bits per heavy atom. The number of carbonyl (C=O) groups is 1. The first-order chi connectivity index (χ1) is 16.3. The van der Waals surface area contributed by atoms with Crippen molar-refractivity contribution in [1.29, 1.82) is 0 Å². The summed E-state index contributed by atoms with van der Waals surface area (Å²) in [6, 6.07) is 6.87. The van der Waals surface area contributed by atoms with Gasteiger partial charge in [0, 0.05) is 30.2 Å². The molecule has 0 bridgehead atoms. The van der Waals surface area contributed by atoms with Gasteiger partial charge in [0.15, 0.2) is 5.82 Å². The lowest BCUT2D eigenvalue weighted by atomic mass is 9.73. The van der Waals surface area contributed by atoms with Gasteiger partial charge in [0.2, 0.25) is 0 Å². The number of piperidine rings is 1. The van der Waals surface area contributed by atoms with Crippen LogP contribution >= 0.6 is 23.4 Å². The Hall–Kier alpha value is -3.08. The van der Waals surface area contributed by atoms with Crippen LogP contribution in [-0.4, -0.2) is 39.1 Å². The number of hydrogen-bond acceptors (Lipinski definition) is 9. The molecule has 7 N–H and O–H groups in total. The average molecular weight is 498 g/mol. The third kappa shape index (κ3) is 3.91. The second kappa shape index (κ2) is 8.61. The molecule has 9 nitrogen and oxygen atoms in total. The third-order valence-electron chi connectivity index (χ3n) is 6.85. The highest BCUT2D eigenvalue weighted by atomic mass is 35.5. The van der Waals surface area contributed by atoms with E-state index in [-0.39, 0.29) is 22.8 Å². The molecule has 0 radical (unpaired) electrons. The highest BCUT2D eigenvalue weighted by Gasteiger charge is 2.46. The molecular formula is C23H24ClN7O2S. The molecular weight excluding hydrogens is 474 g/mol. The summed E-state index contributed by atoms with van der Waals surface area (Å²) < 4.78 is 0. The van der Waals surface area contributed by atoms with Gasteiger partial charge < -0.3 is 27.2 Å². The molecule has 2 aliphatic rings. The summed E-state index contributed by atoms with van der Waals surface area (Å²) in [4.78, 5) is 27.3. The number of aromatic carboxylic acids is 1. The maximum atomic E-state index is 11.4. The number of carboxylic acid groups (broad SMARTS) is 1. The van der Waals surface area contributed by atoms with Crippen LogP contribution in [0, 0.1) is 5.41 Å². The minimum absolute atomic E-state index is 0.0806. The Kier molecular flexibility index (Phi) is 5.75. The monoisotopic (exact) mass is 497 g/mol. The van der Waals surface area contributed by atoms with Gasteiger partial charge in [-0.05, 0) is 54.0 Å². The van der Waals surface area contributed by atoms with Crippen molar-refractivity contribution in [3.63, 3.8) is 0 Å². The molecule has 1 spiro atoms. The number of aromatic nitrogens is 3. The quantitative estimate of drug-likeness (QED) is 0.421. The summed E-state index contributed by atoms with van der Waals surface area (Å²) in [5.41, 5.74) is 21.0. The van der Waals surface area contributed by atoms with Crippen molar-refractivity contribution < 1.29 is 9.90 Å². The topological polar surface area (TPSA) is 157 Å². The van der Waals surface area contributed by atoms with Crippen LogP contribution in [0.2, 0.25) is 5.02 Å². The summed E-state index contributed by atoms with van der Waals surface area (Å²) in [5.74, 6) is 0.358. The van der Waals surface area contributed by atoms with E-state index in [1.54, 1.807) is 30.6 Å². The first-order valence-electron chi connectivity index (χ1n) is 10.8. The third-order valence-corrected chi connectivity index (χ3v) is 8.43. The van der Waals surface area contributed by atoms with Crippen LogP contribution in [0.5, 0.6) is 0 Å². The standard InChI is InChI=1S/C23H24ClN7O2S/c24-17-15(3-6-28-19(17)26)34-21-20(27)30-16(11-29-21)31-7-4-23(5-8-31)10-13-2-1-12(22(32)33)9-14(13)18(23)25/h1-3,6,9,11,18H,4-5,7-8,10,25H2,(H2,26,28)(H2,27,30)(H,32,33)/t18-/m1/s1. The van der Waals surface area contributed by atoms with Crippen LogP contribution in [0.4, 0.5) is 17.5 Å². The number of nitrogen functional groups attached to an aromatic ring is 2. The van der Waals surface area contributed by atoms with Gasteiger partial charge in [-0.25, -0.2) is 19.7 Å². The molecule has 1 aromatic carbocycles. The number of nitrogens with two attached hydrogens (primary N) is 3. The average Bonchev–Trinajstić information content (AvgIpc) is 3.09. The van der Waals surface area contributed by atoms with Gasteiger partial charge in [-0.1, -0.05) is 29.4 Å². The number of nitrogens with zero attached hydrogens (tertiary/aromatic N) is 4. The number of benzene rings is 1. The summed E-state index contributed by atoms with van der Waals surface area (Å²) >= 11 is 7.53. The lowest BCUT2D eigenvalue weighted by Crippen LogP contribution is -2.44. The highest BCUT2D eigenvalue weighted by Crippen LogP contribution is 2.51. The molecule has 3 heterocycles. The first kappa shape index (κ1) is 22.7. The Morgan fingerprint density at radius 1 is 1.18 bits per heavy atom. The number of anilines is 3. The Morgan fingerprint density at radius 2 is 1.94 bits per heavy atom. The lowest BCUT2D eigenvalue weighted by Gasteiger charge is -2.42. The Bertz CT molecular complexity index is 1280. The summed E-state index contributed by atoms with van der Waals surface area (Å²) in [5, 5.41) is 10.2. The van der Waals surface area contributed by atoms with E-state index in [4.69, 9.17) is 28.8 Å². The van der Waals surface area contributed by atoms with E-state index in [1.165, 1.54) is 11.8 Å². The van der Waals surface area contributed by atoms with E-state index in [0.29, 0.717) is 26.6 Å². The van der Waals surface area contributed by atoms with Gasteiger partial charge in [0.1, 0.15) is 16.7 Å². The van der Waals surface area contributed by atoms with E-state index in [2.05, 4.69) is 19.9 Å². The van der Waals surface area contributed by atoms with E-state index < -0.39 is 5.97 Å². The Balaban J connectivity index is 1.29. The van der Waals surface area contributed by atoms with Gasteiger partial charge in [-0.15, -0.1) is 0 Å². The van der Waals surface area contributed by atoms with Gasteiger partial charge in [-0.3, -0.25) is 0 Å². The SMILES string of the molecule is Nc1nc(N2CCC3(CC2)Cc2ccc(C(=O)O)cc2[C@H]3N)cnc1Sc1ccnc(N)c1Cl. The Labute approximate surface area is 205 Å². The fraction of sp³-hybridized carbons (Fsp3) is 0.304. The highest BCUT2D eigenvalue weighted by molar-refractivity contribution is 7.99. The summed E-state index contributed by atoms with van der Waals surface area (Å²) in [7, 11) is 0. The molecule has 2 aromatic heterocycles. The molecule has 1 atom stereocenters. The van der Waals surface area contributed by atoms with Crippen LogP contribution in [0.3, 0.4) is 0 Å². The van der Waals surface area contributed by atoms with Crippen molar-refractivity contribution in [3.05, 3.63) is 58.4 Å². The zero-order valence-corrected chi connectivity index (χ0v) is 19.8. The molecule has 1 aliphatic carbocycles. The molecule has 0 amide bonds. The minimum atomic E-state index is -0.932. The van der Waals surface area contributed by atoms with Crippen molar-refractivity contribution in [1.82, 2.24) is 15.0 Å². The van der Waals surface area contributed by atoms with Crippen LogP contribution in [0.25, 0.3) is 0 Å². The molecule has 34 heavy (non-hydrogen) atoms. The fourth-order valence-electron chi connectivity index (χ4n) is 4.90. The van der Waals surface area contributed by atoms with E-state index in [9.17, 15) is 9.90 Å². The number of pyridine rings is 1. The van der Waals surface area contributed by atoms with Gasteiger partial charge >= 0.3 is 5.97 Å². The van der Waals surface area contributed by atoms with Crippen LogP contribution in [0.15, 0.2) is 46.6 Å². The molecule has 1 saturated heterocycles. The van der Waals surface area contributed by atoms with Crippen molar-refractivity contribution >= 4 is 46.8 Å². The zero-order valence-electron chi connectivity index (χ0n) is 18.2. The number of carboxylic acids is 1. The number of rotatable bonds is 4. The van der Waals surface area contributed by atoms with E-state index in [1.807, 2.05) is 6.07 Å². The molecule has 0 saturated carbocycles. The molecule has 1 fully saturated rings. The first-order valence-corrected chi connectivity index (χ1v) is 12.0. The second-order valence-corrected chi connectivity index (χ2v) is 10.2. The van der Waals surface area contributed by atoms with Crippen molar-refractivity contribution in [2.24, 2.45) is 11.1 Å². The molecule has 5 rings (SSSR count). The number of halogens is 1. The number of hydrogen-bond donors (Lipinski definition) is 4. The maximum absolute atomic E-state index is 11.4. The normalized spacial score (nSPS) is 18.8. The van der Waals surface area contributed by atoms with Gasteiger partial charge in [0.05, 0.1) is 16.8 Å². The molecule has 0 unspecified atom stereocenters. The number of fused-ring (bicyclic) bond motifs is 1. The maximum Gasteiger partial charge on any atom is 0.335 e. The molecule has 1 aliphatic heterocycles. The summed E-state index contributed by atoms with van der Waals surface area (Å²) in [6.07, 6.45) is 5.90. The molecule has 3 aromatic rings. The minimum Gasteiger partial charge on any atom is -0.478 e.